The van der Waals surface area contributed by atoms with Crippen LogP contribution in [0.15, 0.2) is 60.7 Å². The lowest BCUT2D eigenvalue weighted by molar-refractivity contribution is -0.156. The van der Waals surface area contributed by atoms with Crippen molar-refractivity contribution >= 4 is 47.3 Å². The molecule has 1 aliphatic rings. The molecular weight excluding hydrogens is 747 g/mol. The van der Waals surface area contributed by atoms with E-state index in [1.807, 2.05) is 43.3 Å². The maximum atomic E-state index is 14.1. The molecule has 7 amide bonds. The van der Waals surface area contributed by atoms with Crippen molar-refractivity contribution in [3.63, 3.8) is 0 Å². The van der Waals surface area contributed by atoms with Crippen LogP contribution >= 0.6 is 0 Å². The normalized spacial score (nSPS) is 21.2. The van der Waals surface area contributed by atoms with Gasteiger partial charge in [-0.25, -0.2) is 0 Å². The fraction of sp³-hybridized carbons (Fsp3) is 0.524. The summed E-state index contributed by atoms with van der Waals surface area (Å²) < 4.78 is 5.79. The number of hydrogen-bond acceptors (Lipinski definition) is 9. The Morgan fingerprint density at radius 1 is 0.793 bits per heavy atom. The Hall–Kier alpha value is -5.80. The van der Waals surface area contributed by atoms with E-state index < -0.39 is 103 Å². The summed E-state index contributed by atoms with van der Waals surface area (Å²) in [5.74, 6) is -6.55. The van der Waals surface area contributed by atoms with Gasteiger partial charge in [-0.2, -0.15) is 0 Å². The largest absolute Gasteiger partial charge is 0.458 e. The molecule has 2 unspecified atom stereocenters. The van der Waals surface area contributed by atoms with Gasteiger partial charge in [-0.05, 0) is 42.7 Å². The number of carbonyl (C=O) groups is 8. The Morgan fingerprint density at radius 2 is 1.40 bits per heavy atom. The van der Waals surface area contributed by atoms with Crippen LogP contribution in [-0.2, 0) is 55.9 Å². The van der Waals surface area contributed by atoms with E-state index in [9.17, 15) is 38.4 Å². The molecule has 3 rings (SSSR count). The van der Waals surface area contributed by atoms with Crippen molar-refractivity contribution in [3.05, 3.63) is 71.8 Å². The van der Waals surface area contributed by atoms with Gasteiger partial charge in [0.1, 0.15) is 36.8 Å². The van der Waals surface area contributed by atoms with Crippen LogP contribution in [0, 0.1) is 11.8 Å². The van der Waals surface area contributed by atoms with Crippen molar-refractivity contribution in [1.29, 1.82) is 0 Å². The second-order valence-corrected chi connectivity index (χ2v) is 15.2. The van der Waals surface area contributed by atoms with E-state index in [1.54, 1.807) is 52.0 Å². The summed E-state index contributed by atoms with van der Waals surface area (Å²) in [5, 5.41) is 13.0. The summed E-state index contributed by atoms with van der Waals surface area (Å²) in [6.07, 6.45) is -0.196. The summed E-state index contributed by atoms with van der Waals surface area (Å²) >= 11 is 0. The molecule has 0 saturated carbocycles. The van der Waals surface area contributed by atoms with E-state index >= 15 is 0 Å². The number of nitrogens with zero attached hydrogens (tertiary/aromatic N) is 2. The number of hydrogen-bond donors (Lipinski definition) is 5. The van der Waals surface area contributed by atoms with Crippen molar-refractivity contribution in [3.8, 4) is 0 Å². The minimum Gasteiger partial charge on any atom is -0.458 e. The van der Waals surface area contributed by atoms with Crippen molar-refractivity contribution < 1.29 is 43.1 Å². The van der Waals surface area contributed by atoms with E-state index in [1.165, 1.54) is 23.8 Å². The second-order valence-electron chi connectivity index (χ2n) is 15.2. The van der Waals surface area contributed by atoms with Crippen LogP contribution in [0.3, 0.4) is 0 Å². The summed E-state index contributed by atoms with van der Waals surface area (Å²) in [7, 11) is 1.44. The third-order valence-electron chi connectivity index (χ3n) is 9.76. The van der Waals surface area contributed by atoms with E-state index in [0.717, 1.165) is 11.1 Å². The van der Waals surface area contributed by atoms with Gasteiger partial charge in [0.2, 0.25) is 41.4 Å². The molecule has 5 atom stereocenters. The quantitative estimate of drug-likeness (QED) is 0.193. The number of cyclic esters (lactones) is 1. The third-order valence-corrected chi connectivity index (χ3v) is 9.76. The Kier molecular flexibility index (Phi) is 18.3. The molecule has 316 valence electrons. The van der Waals surface area contributed by atoms with E-state index in [2.05, 4.69) is 26.6 Å². The van der Waals surface area contributed by atoms with Crippen LogP contribution in [0.4, 0.5) is 0 Å². The first-order chi connectivity index (χ1) is 27.5. The zero-order valence-electron chi connectivity index (χ0n) is 34.5. The number of likely N-dealkylation sites (N-methyl/N-ethyl adjacent to an activating group) is 1. The molecule has 16 nitrogen and oxygen atoms in total. The van der Waals surface area contributed by atoms with Crippen LogP contribution in [0.5, 0.6) is 0 Å². The van der Waals surface area contributed by atoms with Crippen LogP contribution in [0.1, 0.15) is 65.5 Å². The van der Waals surface area contributed by atoms with Crippen molar-refractivity contribution in [2.24, 2.45) is 11.8 Å². The number of rotatable bonds is 12. The lowest BCUT2D eigenvalue weighted by Gasteiger charge is -2.32. The van der Waals surface area contributed by atoms with Crippen LogP contribution in [0.25, 0.3) is 0 Å². The molecule has 0 aromatic heterocycles. The highest BCUT2D eigenvalue weighted by Gasteiger charge is 2.39. The Morgan fingerprint density at radius 3 is 1.98 bits per heavy atom. The van der Waals surface area contributed by atoms with Crippen molar-refractivity contribution in [2.75, 3.05) is 33.2 Å². The molecule has 0 radical (unpaired) electrons. The van der Waals surface area contributed by atoms with E-state index in [-0.39, 0.29) is 25.9 Å². The number of nitrogens with one attached hydrogen (secondary N) is 5. The van der Waals surface area contributed by atoms with E-state index in [4.69, 9.17) is 4.74 Å². The number of aryl methyl sites for hydroxylation is 1. The fourth-order valence-corrected chi connectivity index (χ4v) is 6.33. The molecule has 2 aromatic carbocycles. The lowest BCUT2D eigenvalue weighted by Crippen LogP contribution is -2.62. The Bertz CT molecular complexity index is 1740. The fourth-order valence-electron chi connectivity index (χ4n) is 6.33. The van der Waals surface area contributed by atoms with Crippen molar-refractivity contribution in [1.82, 2.24) is 36.4 Å². The average molecular weight is 806 g/mol. The number of ether oxygens (including phenoxy) is 1. The van der Waals surface area contributed by atoms with Gasteiger partial charge in [-0.3, -0.25) is 38.4 Å². The standard InChI is InChI=1S/C42H59N7O9/c1-8-21-49-25-34(52)48(7)31(22-30-17-13-10-14-18-30)40(55)44-24-35(53)58-38(27(4)5)37(42(57)46-36(26(2)3)41(56)43-23-33(49)51)47-39(54)28(6)45-32(50)20-19-29-15-11-9-12-16-29/h9-18,26-28,31,36-38H,8,19-25H2,1-7H3,(H,43,56)(H,44,55)(H,45,50)(H,46,57)(H,47,54)/t28-,31-,36?,37-,38?/m0/s1. The summed E-state index contributed by atoms with van der Waals surface area (Å²) in [6.45, 7) is 8.60. The minimum absolute atomic E-state index is 0.0855. The minimum atomic E-state index is -1.57. The van der Waals surface area contributed by atoms with Gasteiger partial charge in [-0.1, -0.05) is 95.3 Å². The van der Waals surface area contributed by atoms with Gasteiger partial charge in [0, 0.05) is 26.4 Å². The van der Waals surface area contributed by atoms with Gasteiger partial charge < -0.3 is 41.1 Å². The highest BCUT2D eigenvalue weighted by Crippen LogP contribution is 2.16. The first-order valence-corrected chi connectivity index (χ1v) is 19.8. The Labute approximate surface area is 340 Å². The molecule has 0 aliphatic carbocycles. The molecule has 58 heavy (non-hydrogen) atoms. The van der Waals surface area contributed by atoms with Crippen LogP contribution in [-0.4, -0.2) is 121 Å². The average Bonchev–Trinajstić information content (AvgIpc) is 3.19. The molecule has 1 fully saturated rings. The Balaban J connectivity index is 1.95. The molecule has 1 aliphatic heterocycles. The van der Waals surface area contributed by atoms with Gasteiger partial charge in [0.25, 0.3) is 0 Å². The predicted molar refractivity (Wildman–Crippen MR) is 215 cm³/mol. The molecule has 1 saturated heterocycles. The molecule has 5 N–H and O–H groups in total. The molecule has 2 aromatic rings. The lowest BCUT2D eigenvalue weighted by atomic mass is 9.96. The summed E-state index contributed by atoms with van der Waals surface area (Å²) in [4.78, 5) is 111. The van der Waals surface area contributed by atoms with Gasteiger partial charge in [-0.15, -0.1) is 0 Å². The number of esters is 1. The molecule has 1 heterocycles. The first kappa shape index (κ1) is 46.6. The van der Waals surface area contributed by atoms with Crippen LogP contribution < -0.4 is 26.6 Å². The molecule has 0 spiro atoms. The van der Waals surface area contributed by atoms with Crippen molar-refractivity contribution in [2.45, 2.75) is 97.5 Å². The smallest absolute Gasteiger partial charge is 0.325 e. The zero-order chi connectivity index (χ0) is 42.9. The first-order valence-electron chi connectivity index (χ1n) is 19.8. The maximum absolute atomic E-state index is 14.1. The van der Waals surface area contributed by atoms with Gasteiger partial charge in [0.05, 0.1) is 13.1 Å². The number of benzene rings is 2. The van der Waals surface area contributed by atoms with Gasteiger partial charge in [0.15, 0.2) is 0 Å². The van der Waals surface area contributed by atoms with Gasteiger partial charge >= 0.3 is 5.97 Å². The molecule has 16 heteroatoms. The highest BCUT2D eigenvalue weighted by atomic mass is 16.5. The second kappa shape index (κ2) is 22.8. The zero-order valence-corrected chi connectivity index (χ0v) is 34.5. The number of amides is 7. The third kappa shape index (κ3) is 14.3. The molecule has 0 bridgehead atoms. The maximum Gasteiger partial charge on any atom is 0.325 e. The highest BCUT2D eigenvalue weighted by molar-refractivity contribution is 5.96. The van der Waals surface area contributed by atoms with Crippen LogP contribution in [0.2, 0.25) is 0 Å². The predicted octanol–water partition coefficient (Wildman–Crippen LogP) is 0.872. The molecular formula is C42H59N7O9. The topological polar surface area (TPSA) is 212 Å². The summed E-state index contributed by atoms with van der Waals surface area (Å²) in [5.41, 5.74) is 1.67. The number of carbonyl (C=O) groups excluding carboxylic acids is 8. The summed E-state index contributed by atoms with van der Waals surface area (Å²) in [6, 6.07) is 13.3. The van der Waals surface area contributed by atoms with E-state index in [0.29, 0.717) is 12.8 Å². The monoisotopic (exact) mass is 805 g/mol. The SMILES string of the molecule is CCCN1CC(=O)N(C)[C@@H](Cc2ccccc2)C(=O)NCC(=O)OC(C(C)C)[C@H](NC(=O)[C@H](C)NC(=O)CCc2ccccc2)C(=O)NC(C(C)C)C(=O)NCC1=O.